The normalized spacial score (nSPS) is 11.5. The molecule has 342 valence electrons. The second-order valence-electron chi connectivity index (χ2n) is 15.4. The maximum Gasteiger partial charge on any atom is 0.505 e. The number of carbonyl (C=O) groups is 4. The van der Waals surface area contributed by atoms with E-state index in [-0.39, 0.29) is 67.6 Å². The molecule has 0 atom stereocenters. The number of benzene rings is 2. The number of anilines is 1. The molecule has 0 aliphatic carbocycles. The van der Waals surface area contributed by atoms with Gasteiger partial charge in [-0.25, -0.2) is 18.2 Å². The molecule has 0 aliphatic heterocycles. The Morgan fingerprint density at radius 3 is 2.03 bits per heavy atom. The quantitative estimate of drug-likeness (QED) is 0.0428. The van der Waals surface area contributed by atoms with Gasteiger partial charge >= 0.3 is 12.1 Å². The highest BCUT2D eigenvalue weighted by Gasteiger charge is 2.17. The molecule has 0 aliphatic rings. The van der Waals surface area contributed by atoms with Crippen LogP contribution in [-0.4, -0.2) is 107 Å². The molecular formula is C45H63N3O13S. The van der Waals surface area contributed by atoms with Gasteiger partial charge in [0.2, 0.25) is 0 Å². The second kappa shape index (κ2) is 28.5. The Hall–Kier alpha value is -5.10. The molecule has 1 aromatic heterocycles. The molecule has 1 heterocycles. The van der Waals surface area contributed by atoms with Gasteiger partial charge in [-0.1, -0.05) is 43.5 Å². The van der Waals surface area contributed by atoms with Crippen LogP contribution in [0.15, 0.2) is 71.8 Å². The van der Waals surface area contributed by atoms with Crippen LogP contribution in [0.4, 0.5) is 10.6 Å². The molecule has 0 radical (unpaired) electrons. The first kappa shape index (κ1) is 51.3. The molecule has 16 nitrogen and oxygen atoms in total. The van der Waals surface area contributed by atoms with Gasteiger partial charge in [-0.15, -0.1) is 0 Å². The van der Waals surface area contributed by atoms with Gasteiger partial charge in [0.1, 0.15) is 23.8 Å². The zero-order chi connectivity index (χ0) is 45.1. The van der Waals surface area contributed by atoms with Gasteiger partial charge in [0.15, 0.2) is 5.78 Å². The van der Waals surface area contributed by atoms with E-state index in [2.05, 4.69) is 44.0 Å². The van der Waals surface area contributed by atoms with E-state index < -0.39 is 27.7 Å². The van der Waals surface area contributed by atoms with E-state index in [9.17, 15) is 27.6 Å². The summed E-state index contributed by atoms with van der Waals surface area (Å²) in [7, 11) is -3.95. The van der Waals surface area contributed by atoms with Crippen molar-refractivity contribution in [1.82, 2.24) is 10.3 Å². The molecule has 2 aromatic carbocycles. The van der Waals surface area contributed by atoms with Crippen molar-refractivity contribution in [3.8, 4) is 5.75 Å². The fourth-order valence-electron chi connectivity index (χ4n) is 5.79. The van der Waals surface area contributed by atoms with Crippen LogP contribution in [0.5, 0.6) is 5.75 Å². The predicted molar refractivity (Wildman–Crippen MR) is 232 cm³/mol. The summed E-state index contributed by atoms with van der Waals surface area (Å²) in [5.74, 6) is -0.0103. The first-order valence-electron chi connectivity index (χ1n) is 21.1. The largest absolute Gasteiger partial charge is 0.505 e. The van der Waals surface area contributed by atoms with E-state index in [4.69, 9.17) is 28.8 Å². The average Bonchev–Trinajstić information content (AvgIpc) is 3.22. The van der Waals surface area contributed by atoms with Crippen LogP contribution in [0.2, 0.25) is 0 Å². The number of sulfonamides is 1. The number of ketones is 1. The molecule has 62 heavy (non-hydrogen) atoms. The number of nitrogens with zero attached hydrogens (tertiary/aromatic N) is 1. The lowest BCUT2D eigenvalue weighted by Crippen LogP contribution is -2.28. The number of aryl methyl sites for hydroxylation is 1. The van der Waals surface area contributed by atoms with Gasteiger partial charge < -0.3 is 38.8 Å². The molecule has 0 fully saturated rings. The second-order valence-corrected chi connectivity index (χ2v) is 17.1. The number of hydrogen-bond donors (Lipinski definition) is 3. The minimum atomic E-state index is -3.95. The van der Waals surface area contributed by atoms with Crippen LogP contribution in [0, 0.1) is 0 Å². The molecule has 0 spiro atoms. The highest BCUT2D eigenvalue weighted by molar-refractivity contribution is 7.92. The Balaban J connectivity index is 1.23. The van der Waals surface area contributed by atoms with E-state index in [1.807, 2.05) is 20.8 Å². The van der Waals surface area contributed by atoms with Crippen LogP contribution >= 0.6 is 0 Å². The van der Waals surface area contributed by atoms with Crippen LogP contribution in [0.3, 0.4) is 0 Å². The third kappa shape index (κ3) is 23.2. The lowest BCUT2D eigenvalue weighted by atomic mass is 10.0. The Bertz CT molecular complexity index is 1880. The molecule has 0 unspecified atom stereocenters. The van der Waals surface area contributed by atoms with Crippen molar-refractivity contribution in [3.05, 3.63) is 83.6 Å². The SMILES string of the molecule is CC(C)(C)OC(=O)CCCCCCCc1ccc(CCOc2ccc(S(=O)(=O)Nc3ccc(C(=O)NCCOCCOCC(=O)CCCOCCCOC(=O)O)cn3)cc2)cc1. The van der Waals surface area contributed by atoms with Gasteiger partial charge in [0.05, 0.1) is 43.5 Å². The molecule has 1 amide bonds. The van der Waals surface area contributed by atoms with E-state index in [0.717, 1.165) is 44.1 Å². The third-order valence-electron chi connectivity index (χ3n) is 8.92. The molecule has 3 N–H and O–H groups in total. The fourth-order valence-corrected chi connectivity index (χ4v) is 6.80. The molecule has 3 rings (SSSR count). The number of rotatable bonds is 32. The van der Waals surface area contributed by atoms with Crippen LogP contribution in [-0.2, 0) is 56.1 Å². The summed E-state index contributed by atoms with van der Waals surface area (Å²) in [4.78, 5) is 50.6. The topological polar surface area (TPSA) is 215 Å². The number of aromatic nitrogens is 1. The molecule has 0 saturated carbocycles. The number of amides is 1. The van der Waals surface area contributed by atoms with Crippen molar-refractivity contribution in [2.24, 2.45) is 0 Å². The summed E-state index contributed by atoms with van der Waals surface area (Å²) in [5, 5.41) is 11.1. The zero-order valence-corrected chi connectivity index (χ0v) is 37.0. The molecule has 0 saturated heterocycles. The smallest absolute Gasteiger partial charge is 0.493 e. The first-order valence-corrected chi connectivity index (χ1v) is 22.6. The van der Waals surface area contributed by atoms with Crippen molar-refractivity contribution in [3.63, 3.8) is 0 Å². The molecular weight excluding hydrogens is 823 g/mol. The Labute approximate surface area is 365 Å². The van der Waals surface area contributed by atoms with Gasteiger partial charge in [0.25, 0.3) is 15.9 Å². The van der Waals surface area contributed by atoms with Crippen LogP contribution in [0.25, 0.3) is 0 Å². The number of carbonyl (C=O) groups excluding carboxylic acids is 3. The number of pyridine rings is 1. The van der Waals surface area contributed by atoms with Gasteiger partial charge in [-0.05, 0) is 94.0 Å². The highest BCUT2D eigenvalue weighted by atomic mass is 32.2. The number of carboxylic acid groups (broad SMARTS) is 1. The summed E-state index contributed by atoms with van der Waals surface area (Å²) in [6, 6.07) is 17.5. The molecule has 17 heteroatoms. The molecule has 3 aromatic rings. The Morgan fingerprint density at radius 2 is 1.34 bits per heavy atom. The van der Waals surface area contributed by atoms with Crippen molar-refractivity contribution in [1.29, 1.82) is 0 Å². The lowest BCUT2D eigenvalue weighted by molar-refractivity contribution is -0.154. The number of unbranched alkanes of at least 4 members (excludes halogenated alkanes) is 4. The number of esters is 1. The summed E-state index contributed by atoms with van der Waals surface area (Å²) in [5.41, 5.74) is 2.24. The lowest BCUT2D eigenvalue weighted by Gasteiger charge is -2.19. The monoisotopic (exact) mass is 885 g/mol. The van der Waals surface area contributed by atoms with E-state index >= 15 is 0 Å². The summed E-state index contributed by atoms with van der Waals surface area (Å²) < 4.78 is 60.1. The maximum absolute atomic E-state index is 13.0. The van der Waals surface area contributed by atoms with E-state index in [1.54, 1.807) is 12.1 Å². The van der Waals surface area contributed by atoms with E-state index in [1.165, 1.54) is 36.0 Å². The number of Topliss-reactive ketones (excluding diaryl/α,β-unsaturated/α-hetero) is 1. The number of hydrogen-bond acceptors (Lipinski definition) is 13. The standard InChI is InChI=1S/C45H63N3O13S/c1-45(2,3)61-42(50)13-8-6-4-5-7-11-35-14-16-36(17-15-35)24-29-59-39-19-21-40(22-20-39)62(54,55)48-41-23-18-37(33-47-41)43(51)46-25-30-57-31-32-58-34-38(49)12-9-26-56-27-10-28-60-44(52)53/h14-23,33H,4-13,24-32,34H2,1-3H3,(H,46,51)(H,47,48)(H,52,53). The minimum Gasteiger partial charge on any atom is -0.493 e. The predicted octanol–water partition coefficient (Wildman–Crippen LogP) is 6.94. The Kier molecular flexibility index (Phi) is 23.6. The highest BCUT2D eigenvalue weighted by Crippen LogP contribution is 2.20. The van der Waals surface area contributed by atoms with Crippen molar-refractivity contribution in [2.75, 3.05) is 64.1 Å². The van der Waals surface area contributed by atoms with Crippen molar-refractivity contribution >= 4 is 39.7 Å². The molecule has 0 bridgehead atoms. The number of ether oxygens (including phenoxy) is 6. The van der Waals surface area contributed by atoms with Crippen molar-refractivity contribution < 1.29 is 61.1 Å². The van der Waals surface area contributed by atoms with Crippen LogP contribution in [0.1, 0.15) is 100 Å². The Morgan fingerprint density at radius 1 is 0.677 bits per heavy atom. The number of nitrogens with one attached hydrogen (secondary N) is 2. The van der Waals surface area contributed by atoms with Gasteiger partial charge in [-0.2, -0.15) is 0 Å². The van der Waals surface area contributed by atoms with Gasteiger partial charge in [-0.3, -0.25) is 19.1 Å². The summed E-state index contributed by atoms with van der Waals surface area (Å²) in [6.07, 6.45) is 8.62. The average molecular weight is 886 g/mol. The van der Waals surface area contributed by atoms with Crippen molar-refractivity contribution in [2.45, 2.75) is 102 Å². The van der Waals surface area contributed by atoms with Gasteiger partial charge in [0, 0.05) is 51.6 Å². The van der Waals surface area contributed by atoms with E-state index in [0.29, 0.717) is 57.7 Å². The fraction of sp³-hybridized carbons (Fsp3) is 0.533. The third-order valence-corrected chi connectivity index (χ3v) is 10.3. The zero-order valence-electron chi connectivity index (χ0n) is 36.2. The maximum atomic E-state index is 13.0. The summed E-state index contributed by atoms with van der Waals surface area (Å²) >= 11 is 0. The van der Waals surface area contributed by atoms with Crippen LogP contribution < -0.4 is 14.8 Å². The first-order chi connectivity index (χ1) is 29.7. The summed E-state index contributed by atoms with van der Waals surface area (Å²) in [6.45, 7) is 7.70. The minimum absolute atomic E-state index is 0.0308.